The second-order valence-corrected chi connectivity index (χ2v) is 5.83. The number of nitrogens with one attached hydrogen (secondary N) is 2. The van der Waals surface area contributed by atoms with Gasteiger partial charge >= 0.3 is 0 Å². The van der Waals surface area contributed by atoms with E-state index in [0.29, 0.717) is 6.54 Å². The van der Waals surface area contributed by atoms with Crippen molar-refractivity contribution in [3.63, 3.8) is 0 Å². The molecule has 0 aliphatic carbocycles. The maximum Gasteiger partial charge on any atom is 0.287 e. The van der Waals surface area contributed by atoms with Crippen molar-refractivity contribution in [3.8, 4) is 0 Å². The lowest BCUT2D eigenvalue weighted by atomic mass is 10.4. The van der Waals surface area contributed by atoms with E-state index in [2.05, 4.69) is 10.6 Å². The van der Waals surface area contributed by atoms with Gasteiger partial charge in [-0.2, -0.15) is 0 Å². The smallest absolute Gasteiger partial charge is 0.287 e. The molecule has 2 aromatic rings. The molecular formula is C16H17FN2O3S. The molecule has 0 unspecified atom stereocenters. The zero-order valence-corrected chi connectivity index (χ0v) is 13.2. The fraction of sp³-hybridized carbons (Fsp3) is 0.250. The molecule has 122 valence electrons. The molecule has 1 aromatic carbocycles. The Balaban J connectivity index is 1.54. The Kier molecular flexibility index (Phi) is 6.68. The van der Waals surface area contributed by atoms with E-state index >= 15 is 0 Å². The Labute approximate surface area is 137 Å². The van der Waals surface area contributed by atoms with E-state index in [1.807, 2.05) is 0 Å². The van der Waals surface area contributed by atoms with Gasteiger partial charge < -0.3 is 15.1 Å². The van der Waals surface area contributed by atoms with Crippen molar-refractivity contribution in [2.24, 2.45) is 0 Å². The molecule has 1 aromatic heterocycles. The Hall–Kier alpha value is -2.28. The average Bonchev–Trinajstić information content (AvgIpc) is 3.08. The summed E-state index contributed by atoms with van der Waals surface area (Å²) in [6.07, 6.45) is 2.17. The minimum atomic E-state index is -0.419. The van der Waals surface area contributed by atoms with Gasteiger partial charge in [0.2, 0.25) is 5.91 Å². The lowest BCUT2D eigenvalue weighted by Crippen LogP contribution is -2.37. The van der Waals surface area contributed by atoms with Crippen molar-refractivity contribution in [1.82, 2.24) is 10.6 Å². The van der Waals surface area contributed by atoms with Crippen LogP contribution in [0.1, 0.15) is 17.0 Å². The third-order valence-electron chi connectivity index (χ3n) is 2.88. The lowest BCUT2D eigenvalue weighted by molar-refractivity contribution is -0.120. The highest BCUT2D eigenvalue weighted by Crippen LogP contribution is 2.18. The number of thioether (sulfide) groups is 1. The molecule has 0 radical (unpaired) electrons. The molecule has 1 heterocycles. The number of furan rings is 1. The summed E-state index contributed by atoms with van der Waals surface area (Å²) in [5.74, 6) is 0.0606. The normalized spacial score (nSPS) is 10.3. The van der Waals surface area contributed by atoms with Crippen molar-refractivity contribution in [3.05, 3.63) is 54.2 Å². The molecule has 2 rings (SSSR count). The van der Waals surface area contributed by atoms with Crippen molar-refractivity contribution in [1.29, 1.82) is 0 Å². The van der Waals surface area contributed by atoms with E-state index in [9.17, 15) is 14.0 Å². The highest BCUT2D eigenvalue weighted by atomic mass is 32.2. The number of hydrogen-bond donors (Lipinski definition) is 2. The first-order valence-electron chi connectivity index (χ1n) is 7.12. The van der Waals surface area contributed by atoms with Gasteiger partial charge in [0.15, 0.2) is 5.76 Å². The highest BCUT2D eigenvalue weighted by molar-refractivity contribution is 7.99. The van der Waals surface area contributed by atoms with E-state index < -0.39 is 5.91 Å². The van der Waals surface area contributed by atoms with E-state index in [1.54, 1.807) is 30.0 Å². The van der Waals surface area contributed by atoms with Crippen LogP contribution in [0.4, 0.5) is 4.39 Å². The van der Waals surface area contributed by atoms with Gasteiger partial charge in [-0.3, -0.25) is 9.59 Å². The second kappa shape index (κ2) is 8.99. The maximum absolute atomic E-state index is 12.7. The average molecular weight is 336 g/mol. The first-order chi connectivity index (χ1) is 11.1. The zero-order chi connectivity index (χ0) is 16.5. The van der Waals surface area contributed by atoms with Gasteiger partial charge in [-0.15, -0.1) is 11.8 Å². The quantitative estimate of drug-likeness (QED) is 0.574. The molecule has 23 heavy (non-hydrogen) atoms. The van der Waals surface area contributed by atoms with Crippen LogP contribution in [-0.4, -0.2) is 30.7 Å². The number of rotatable bonds is 8. The van der Waals surface area contributed by atoms with Gasteiger partial charge in [0, 0.05) is 11.4 Å². The van der Waals surface area contributed by atoms with Crippen LogP contribution in [0.2, 0.25) is 0 Å². The molecule has 0 spiro atoms. The van der Waals surface area contributed by atoms with Gasteiger partial charge in [-0.1, -0.05) is 0 Å². The second-order valence-electron chi connectivity index (χ2n) is 4.67. The molecule has 5 nitrogen and oxygen atoms in total. The van der Waals surface area contributed by atoms with Crippen molar-refractivity contribution in [2.45, 2.75) is 11.3 Å². The van der Waals surface area contributed by atoms with E-state index in [-0.39, 0.29) is 24.0 Å². The summed E-state index contributed by atoms with van der Waals surface area (Å²) in [7, 11) is 0. The van der Waals surface area contributed by atoms with Crippen molar-refractivity contribution >= 4 is 23.6 Å². The Bertz CT molecular complexity index is 629. The van der Waals surface area contributed by atoms with Crippen LogP contribution in [0, 0.1) is 5.82 Å². The van der Waals surface area contributed by atoms with Gasteiger partial charge in [0.05, 0.1) is 12.8 Å². The predicted octanol–water partition coefficient (Wildman–Crippen LogP) is 2.45. The minimum Gasteiger partial charge on any atom is -0.459 e. The Morgan fingerprint density at radius 1 is 1.13 bits per heavy atom. The van der Waals surface area contributed by atoms with Crippen LogP contribution in [0.5, 0.6) is 0 Å². The molecule has 0 bridgehead atoms. The standard InChI is InChI=1S/C16H17FN2O3S/c17-12-4-6-13(7-5-12)23-10-2-8-18-15(20)11-19-16(21)14-3-1-9-22-14/h1,3-7,9H,2,8,10-11H2,(H,18,20)(H,19,21). The SMILES string of the molecule is O=C(CNC(=O)c1ccco1)NCCCSc1ccc(F)cc1. The van der Waals surface area contributed by atoms with E-state index in [4.69, 9.17) is 4.42 Å². The monoisotopic (exact) mass is 336 g/mol. The topological polar surface area (TPSA) is 71.3 Å². The molecule has 0 aliphatic heterocycles. The summed E-state index contributed by atoms with van der Waals surface area (Å²) in [6.45, 7) is 0.425. The van der Waals surface area contributed by atoms with Crippen LogP contribution in [0.3, 0.4) is 0 Å². The first kappa shape index (κ1) is 17.1. The molecule has 7 heteroatoms. The summed E-state index contributed by atoms with van der Waals surface area (Å²) in [6, 6.07) is 9.43. The minimum absolute atomic E-state index is 0.0926. The predicted molar refractivity (Wildman–Crippen MR) is 85.8 cm³/mol. The zero-order valence-electron chi connectivity index (χ0n) is 12.4. The number of halogens is 1. The summed E-state index contributed by atoms with van der Waals surface area (Å²) < 4.78 is 17.7. The van der Waals surface area contributed by atoms with Crippen LogP contribution >= 0.6 is 11.8 Å². The highest BCUT2D eigenvalue weighted by Gasteiger charge is 2.09. The lowest BCUT2D eigenvalue weighted by Gasteiger charge is -2.06. The summed E-state index contributed by atoms with van der Waals surface area (Å²) in [5.41, 5.74) is 0. The number of amides is 2. The van der Waals surface area contributed by atoms with Crippen LogP contribution in [0.15, 0.2) is 52.0 Å². The summed E-state index contributed by atoms with van der Waals surface area (Å²) >= 11 is 1.60. The summed E-state index contributed by atoms with van der Waals surface area (Å²) in [4.78, 5) is 24.1. The molecule has 0 fully saturated rings. The Morgan fingerprint density at radius 3 is 2.61 bits per heavy atom. The maximum atomic E-state index is 12.7. The molecule has 0 saturated heterocycles. The fourth-order valence-electron chi connectivity index (χ4n) is 1.74. The van der Waals surface area contributed by atoms with Gasteiger partial charge in [-0.05, 0) is 48.6 Å². The molecular weight excluding hydrogens is 319 g/mol. The fourth-order valence-corrected chi connectivity index (χ4v) is 2.59. The van der Waals surface area contributed by atoms with Gasteiger partial charge in [0.1, 0.15) is 5.82 Å². The molecule has 2 N–H and O–H groups in total. The van der Waals surface area contributed by atoms with Crippen LogP contribution < -0.4 is 10.6 Å². The molecule has 0 atom stereocenters. The van der Waals surface area contributed by atoms with Gasteiger partial charge in [-0.25, -0.2) is 4.39 Å². The largest absolute Gasteiger partial charge is 0.459 e. The van der Waals surface area contributed by atoms with Crippen LogP contribution in [-0.2, 0) is 4.79 Å². The third kappa shape index (κ3) is 6.15. The third-order valence-corrected chi connectivity index (χ3v) is 3.98. The van der Waals surface area contributed by atoms with E-state index in [0.717, 1.165) is 17.1 Å². The molecule has 0 saturated carbocycles. The molecule has 0 aliphatic rings. The van der Waals surface area contributed by atoms with E-state index in [1.165, 1.54) is 24.5 Å². The Morgan fingerprint density at radius 2 is 1.91 bits per heavy atom. The first-order valence-corrected chi connectivity index (χ1v) is 8.10. The van der Waals surface area contributed by atoms with Crippen molar-refractivity contribution < 1.29 is 18.4 Å². The number of carbonyl (C=O) groups is 2. The van der Waals surface area contributed by atoms with Crippen LogP contribution in [0.25, 0.3) is 0 Å². The van der Waals surface area contributed by atoms with Gasteiger partial charge in [0.25, 0.3) is 5.91 Å². The summed E-state index contributed by atoms with van der Waals surface area (Å²) in [5, 5.41) is 5.19. The number of carbonyl (C=O) groups excluding carboxylic acids is 2. The number of benzene rings is 1. The van der Waals surface area contributed by atoms with Crippen molar-refractivity contribution in [2.75, 3.05) is 18.8 Å². The number of hydrogen-bond acceptors (Lipinski definition) is 4. The molecule has 2 amide bonds.